The summed E-state index contributed by atoms with van der Waals surface area (Å²) in [4.78, 5) is 36.8. The van der Waals surface area contributed by atoms with E-state index in [1.165, 1.54) is 17.7 Å². The maximum Gasteiger partial charge on any atom is 0.271 e. The minimum atomic E-state index is -0.413. The molecule has 3 aromatic heterocycles. The second kappa shape index (κ2) is 9.35. The Balaban J connectivity index is 1.37. The highest BCUT2D eigenvalue weighted by atomic mass is 32.1. The lowest BCUT2D eigenvalue weighted by atomic mass is 10.0. The molecule has 0 saturated heterocycles. The van der Waals surface area contributed by atoms with Gasteiger partial charge in [0, 0.05) is 29.5 Å². The molecule has 4 rings (SSSR count). The van der Waals surface area contributed by atoms with Gasteiger partial charge in [-0.3, -0.25) is 14.6 Å². The van der Waals surface area contributed by atoms with Crippen LogP contribution in [0, 0.1) is 0 Å². The van der Waals surface area contributed by atoms with Crippen molar-refractivity contribution in [3.05, 3.63) is 72.4 Å². The third-order valence-corrected chi connectivity index (χ3v) is 5.22. The van der Waals surface area contributed by atoms with E-state index < -0.39 is 5.91 Å². The number of anilines is 1. The van der Waals surface area contributed by atoms with Crippen LogP contribution in [-0.2, 0) is 4.79 Å². The van der Waals surface area contributed by atoms with E-state index in [-0.39, 0.29) is 18.1 Å². The number of nitrogens with zero attached hydrogens (tertiary/aromatic N) is 4. The van der Waals surface area contributed by atoms with Crippen LogP contribution in [0.25, 0.3) is 22.4 Å². The number of amides is 2. The molecule has 2 amide bonds. The summed E-state index contributed by atoms with van der Waals surface area (Å²) in [6, 6.07) is 11.9. The molecule has 0 fully saturated rings. The molecular weight excluding hydrogens is 411 g/mol. The number of hydrogen-bond acceptors (Lipinski definition) is 6. The highest BCUT2D eigenvalue weighted by molar-refractivity contribution is 7.14. The molecule has 0 aliphatic rings. The average Bonchev–Trinajstić information content (AvgIpc) is 3.48. The molecule has 10 heteroatoms. The van der Waals surface area contributed by atoms with Crippen molar-refractivity contribution < 1.29 is 9.59 Å². The Morgan fingerprint density at radius 2 is 1.94 bits per heavy atom. The van der Waals surface area contributed by atoms with Crippen LogP contribution >= 0.6 is 11.3 Å². The average molecular weight is 429 g/mol. The van der Waals surface area contributed by atoms with Gasteiger partial charge in [0.1, 0.15) is 5.69 Å². The zero-order chi connectivity index (χ0) is 21.6. The van der Waals surface area contributed by atoms with Gasteiger partial charge in [-0.2, -0.15) is 0 Å². The molecule has 4 aromatic rings. The lowest BCUT2D eigenvalue weighted by Crippen LogP contribution is -2.33. The monoisotopic (exact) mass is 429 g/mol. The summed E-state index contributed by atoms with van der Waals surface area (Å²) in [6.07, 6.45) is 6.62. The van der Waals surface area contributed by atoms with E-state index in [4.69, 9.17) is 0 Å². The molecule has 0 saturated carbocycles. The molecule has 0 unspecified atom stereocenters. The Kier molecular flexibility index (Phi) is 6.18. The van der Waals surface area contributed by atoms with Gasteiger partial charge in [0.05, 0.1) is 18.6 Å². The van der Waals surface area contributed by atoms with E-state index >= 15 is 0 Å². The SMILES string of the molecule is C[B]n1cnc(C(=O)NCC(=O)Nc2nc(-c3cccc(-c4ccncc4)c3)cs2)c1. The van der Waals surface area contributed by atoms with Crippen molar-refractivity contribution in [2.75, 3.05) is 11.9 Å². The molecule has 0 spiro atoms. The van der Waals surface area contributed by atoms with Crippen LogP contribution in [0.15, 0.2) is 66.7 Å². The fourth-order valence-corrected chi connectivity index (χ4v) is 3.61. The molecule has 1 aromatic carbocycles. The summed E-state index contributed by atoms with van der Waals surface area (Å²) >= 11 is 1.33. The number of aromatic nitrogens is 4. The fourth-order valence-electron chi connectivity index (χ4n) is 2.88. The van der Waals surface area contributed by atoms with Gasteiger partial charge in [-0.25, -0.2) is 9.97 Å². The first-order valence-electron chi connectivity index (χ1n) is 9.50. The topological polar surface area (TPSA) is 102 Å². The number of thiazole rings is 1. The lowest BCUT2D eigenvalue weighted by molar-refractivity contribution is -0.115. The zero-order valence-corrected chi connectivity index (χ0v) is 17.5. The van der Waals surface area contributed by atoms with Crippen LogP contribution in [0.2, 0.25) is 6.82 Å². The summed E-state index contributed by atoms with van der Waals surface area (Å²) in [5.41, 5.74) is 4.09. The highest BCUT2D eigenvalue weighted by Gasteiger charge is 2.13. The van der Waals surface area contributed by atoms with Crippen molar-refractivity contribution >= 4 is 35.7 Å². The fraction of sp³-hybridized carbons (Fsp3) is 0.0952. The molecule has 1 radical (unpaired) electrons. The zero-order valence-electron chi connectivity index (χ0n) is 16.6. The number of benzene rings is 1. The standard InChI is InChI=1S/C21H18BN6O2S/c1-22-28-11-17(25-13-28)20(30)24-10-19(29)27-21-26-18(12-31-21)16-4-2-3-15(9-16)14-5-7-23-8-6-14/h2-9,11-13H,10H2,1H3,(H,24,30)(H,26,27,29). The van der Waals surface area contributed by atoms with Crippen LogP contribution in [0.5, 0.6) is 0 Å². The molecule has 8 nitrogen and oxygen atoms in total. The van der Waals surface area contributed by atoms with Crippen molar-refractivity contribution in [1.82, 2.24) is 24.7 Å². The summed E-state index contributed by atoms with van der Waals surface area (Å²) in [7, 11) is 1.77. The number of carbonyl (C=O) groups is 2. The van der Waals surface area contributed by atoms with E-state index in [1.807, 2.05) is 48.6 Å². The molecule has 0 atom stereocenters. The third kappa shape index (κ3) is 5.04. The summed E-state index contributed by atoms with van der Waals surface area (Å²) in [6.45, 7) is 1.66. The Hall–Kier alpha value is -3.79. The van der Waals surface area contributed by atoms with Crippen LogP contribution in [0.4, 0.5) is 5.13 Å². The molecule has 3 heterocycles. The number of imidazole rings is 1. The first-order valence-corrected chi connectivity index (χ1v) is 10.4. The van der Waals surface area contributed by atoms with Crippen molar-refractivity contribution in [3.8, 4) is 22.4 Å². The summed E-state index contributed by atoms with van der Waals surface area (Å²) in [5, 5.41) is 7.62. The molecule has 0 aliphatic carbocycles. The van der Waals surface area contributed by atoms with Crippen LogP contribution in [0.1, 0.15) is 10.5 Å². The minimum Gasteiger partial charge on any atom is -0.386 e. The normalized spacial score (nSPS) is 10.5. The largest absolute Gasteiger partial charge is 0.386 e. The van der Waals surface area contributed by atoms with E-state index in [0.717, 1.165) is 22.4 Å². The van der Waals surface area contributed by atoms with Crippen molar-refractivity contribution in [2.45, 2.75) is 6.82 Å². The number of nitrogens with one attached hydrogen (secondary N) is 2. The van der Waals surface area contributed by atoms with Crippen LogP contribution in [0.3, 0.4) is 0 Å². The van der Waals surface area contributed by atoms with Gasteiger partial charge in [0.15, 0.2) is 5.13 Å². The van der Waals surface area contributed by atoms with E-state index in [9.17, 15) is 9.59 Å². The first kappa shape index (κ1) is 20.5. The van der Waals surface area contributed by atoms with Crippen molar-refractivity contribution in [2.24, 2.45) is 0 Å². The predicted molar refractivity (Wildman–Crippen MR) is 121 cm³/mol. The summed E-state index contributed by atoms with van der Waals surface area (Å²) < 4.78 is 1.66. The smallest absolute Gasteiger partial charge is 0.271 e. The van der Waals surface area contributed by atoms with E-state index in [2.05, 4.69) is 25.6 Å². The second-order valence-corrected chi connectivity index (χ2v) is 7.41. The lowest BCUT2D eigenvalue weighted by Gasteiger charge is -2.04. The Bertz CT molecular complexity index is 1210. The van der Waals surface area contributed by atoms with Crippen molar-refractivity contribution in [1.29, 1.82) is 0 Å². The number of carbonyl (C=O) groups excluding carboxylic acids is 2. The van der Waals surface area contributed by atoms with Gasteiger partial charge < -0.3 is 15.1 Å². The van der Waals surface area contributed by atoms with Crippen LogP contribution < -0.4 is 10.6 Å². The van der Waals surface area contributed by atoms with E-state index in [1.54, 1.807) is 30.5 Å². The van der Waals surface area contributed by atoms with E-state index in [0.29, 0.717) is 5.13 Å². The number of pyridine rings is 1. The minimum absolute atomic E-state index is 0.173. The van der Waals surface area contributed by atoms with Gasteiger partial charge in [0.2, 0.25) is 13.3 Å². The maximum atomic E-state index is 12.2. The number of hydrogen-bond donors (Lipinski definition) is 2. The molecule has 0 bridgehead atoms. The van der Waals surface area contributed by atoms with Gasteiger partial charge in [-0.05, 0) is 29.3 Å². The van der Waals surface area contributed by atoms with Gasteiger partial charge in [-0.1, -0.05) is 25.0 Å². The van der Waals surface area contributed by atoms with Gasteiger partial charge >= 0.3 is 0 Å². The molecule has 0 aliphatic heterocycles. The number of rotatable bonds is 7. The highest BCUT2D eigenvalue weighted by Crippen LogP contribution is 2.28. The third-order valence-electron chi connectivity index (χ3n) is 4.46. The summed E-state index contributed by atoms with van der Waals surface area (Å²) in [5.74, 6) is -0.773. The van der Waals surface area contributed by atoms with Gasteiger partial charge in [0.25, 0.3) is 5.91 Å². The van der Waals surface area contributed by atoms with Crippen molar-refractivity contribution in [3.63, 3.8) is 0 Å². The maximum absolute atomic E-state index is 12.2. The van der Waals surface area contributed by atoms with Crippen LogP contribution in [-0.4, -0.2) is 45.2 Å². The predicted octanol–water partition coefficient (Wildman–Crippen LogP) is 2.95. The Morgan fingerprint density at radius 1 is 1.13 bits per heavy atom. The molecule has 2 N–H and O–H groups in total. The molecule has 31 heavy (non-hydrogen) atoms. The van der Waals surface area contributed by atoms with Gasteiger partial charge in [-0.15, -0.1) is 11.3 Å². The quantitative estimate of drug-likeness (QED) is 0.440. The molecular formula is C21H18BN6O2S. The molecule has 153 valence electrons. The second-order valence-electron chi connectivity index (χ2n) is 6.55. The first-order chi connectivity index (χ1) is 15.1. The Morgan fingerprint density at radius 3 is 2.71 bits per heavy atom. The Labute approximate surface area is 183 Å².